The minimum absolute atomic E-state index is 0.355. The van der Waals surface area contributed by atoms with Crippen LogP contribution in [-0.2, 0) is 0 Å². The van der Waals surface area contributed by atoms with Crippen molar-refractivity contribution >= 4 is 39.9 Å². The molecule has 1 aliphatic rings. The number of carbonyl (C=O) groups excluding carboxylic acids is 3. The molecule has 0 spiro atoms. The van der Waals surface area contributed by atoms with Crippen molar-refractivity contribution in [2.75, 3.05) is 17.3 Å². The molecule has 5 rings (SSSR count). The Labute approximate surface area is 184 Å². The van der Waals surface area contributed by atoms with Crippen LogP contribution in [0.15, 0.2) is 84.9 Å². The molecule has 0 aromatic heterocycles. The number of methoxy groups -OCH3 is 1. The van der Waals surface area contributed by atoms with E-state index < -0.39 is 0 Å². The van der Waals surface area contributed by atoms with E-state index in [1.165, 1.54) is 7.11 Å². The first-order valence-electron chi connectivity index (χ1n) is 10.0. The number of amides is 3. The van der Waals surface area contributed by atoms with Crippen molar-refractivity contribution in [2.45, 2.75) is 0 Å². The number of hydrogen-bond donors (Lipinski definition) is 1. The molecular weight excluding hydrogens is 404 g/mol. The van der Waals surface area contributed by atoms with Crippen LogP contribution in [0.5, 0.6) is 5.75 Å². The van der Waals surface area contributed by atoms with Gasteiger partial charge in [0.25, 0.3) is 17.7 Å². The van der Waals surface area contributed by atoms with Crippen LogP contribution in [0.25, 0.3) is 10.8 Å². The highest BCUT2D eigenvalue weighted by molar-refractivity contribution is 6.34. The van der Waals surface area contributed by atoms with Gasteiger partial charge in [-0.1, -0.05) is 42.5 Å². The summed E-state index contributed by atoms with van der Waals surface area (Å²) < 4.78 is 5.42. The van der Waals surface area contributed by atoms with Crippen molar-refractivity contribution < 1.29 is 19.1 Å². The summed E-state index contributed by atoms with van der Waals surface area (Å²) in [6.45, 7) is 0. The van der Waals surface area contributed by atoms with E-state index in [-0.39, 0.29) is 17.7 Å². The lowest BCUT2D eigenvalue weighted by molar-refractivity contribution is 0.0925. The second-order valence-electron chi connectivity index (χ2n) is 7.40. The van der Waals surface area contributed by atoms with E-state index in [1.807, 2.05) is 30.3 Å². The largest absolute Gasteiger partial charge is 0.496 e. The maximum atomic E-state index is 13.0. The number of nitrogens with zero attached hydrogens (tertiary/aromatic N) is 1. The number of ether oxygens (including phenoxy) is 1. The molecule has 6 nitrogen and oxygen atoms in total. The lowest BCUT2D eigenvalue weighted by Gasteiger charge is -2.16. The van der Waals surface area contributed by atoms with Gasteiger partial charge in [0.1, 0.15) is 5.75 Å². The van der Waals surface area contributed by atoms with Crippen LogP contribution < -0.4 is 15.0 Å². The van der Waals surface area contributed by atoms with E-state index in [0.29, 0.717) is 33.8 Å². The molecule has 0 radical (unpaired) electrons. The number of benzene rings is 4. The monoisotopic (exact) mass is 422 g/mol. The van der Waals surface area contributed by atoms with Crippen LogP contribution in [0.4, 0.5) is 11.4 Å². The van der Waals surface area contributed by atoms with Gasteiger partial charge in [-0.3, -0.25) is 14.4 Å². The molecule has 0 saturated carbocycles. The minimum atomic E-state index is -0.384. The van der Waals surface area contributed by atoms with Gasteiger partial charge in [0.05, 0.1) is 29.5 Å². The molecule has 3 amide bonds. The van der Waals surface area contributed by atoms with Gasteiger partial charge in [0.2, 0.25) is 0 Å². The Bertz CT molecular complexity index is 1380. The van der Waals surface area contributed by atoms with Crippen LogP contribution >= 0.6 is 0 Å². The van der Waals surface area contributed by atoms with Gasteiger partial charge in [0.15, 0.2) is 0 Å². The second-order valence-corrected chi connectivity index (χ2v) is 7.40. The molecule has 0 saturated heterocycles. The highest BCUT2D eigenvalue weighted by Gasteiger charge is 2.36. The fourth-order valence-corrected chi connectivity index (χ4v) is 3.91. The predicted octanol–water partition coefficient (Wildman–Crippen LogP) is 4.90. The minimum Gasteiger partial charge on any atom is -0.496 e. The summed E-state index contributed by atoms with van der Waals surface area (Å²) in [6, 6.07) is 24.7. The number of fused-ring (bicyclic) bond motifs is 2. The Balaban J connectivity index is 1.45. The summed E-state index contributed by atoms with van der Waals surface area (Å²) in [5, 5.41) is 4.73. The molecule has 156 valence electrons. The summed E-state index contributed by atoms with van der Waals surface area (Å²) in [7, 11) is 1.52. The maximum absolute atomic E-state index is 13.0. The lowest BCUT2D eigenvalue weighted by atomic mass is 10.1. The van der Waals surface area contributed by atoms with E-state index in [2.05, 4.69) is 5.32 Å². The highest BCUT2D eigenvalue weighted by atomic mass is 16.5. The third kappa shape index (κ3) is 3.18. The smallest absolute Gasteiger partial charge is 0.266 e. The average Bonchev–Trinajstić information content (AvgIpc) is 3.08. The van der Waals surface area contributed by atoms with Gasteiger partial charge in [0, 0.05) is 5.69 Å². The molecule has 0 bridgehead atoms. The van der Waals surface area contributed by atoms with Crippen molar-refractivity contribution in [3.63, 3.8) is 0 Å². The van der Waals surface area contributed by atoms with Crippen molar-refractivity contribution in [1.82, 2.24) is 0 Å². The Morgan fingerprint density at radius 3 is 2.06 bits per heavy atom. The fourth-order valence-electron chi connectivity index (χ4n) is 3.91. The zero-order valence-electron chi connectivity index (χ0n) is 17.2. The van der Waals surface area contributed by atoms with Crippen molar-refractivity contribution in [1.29, 1.82) is 0 Å². The van der Waals surface area contributed by atoms with E-state index in [9.17, 15) is 14.4 Å². The second kappa shape index (κ2) is 7.67. The van der Waals surface area contributed by atoms with Gasteiger partial charge in [-0.15, -0.1) is 0 Å². The van der Waals surface area contributed by atoms with Gasteiger partial charge in [-0.2, -0.15) is 0 Å². The quantitative estimate of drug-likeness (QED) is 0.475. The number of imide groups is 1. The Kier molecular flexibility index (Phi) is 4.67. The third-order valence-electron chi connectivity index (χ3n) is 5.47. The van der Waals surface area contributed by atoms with Crippen LogP contribution in [0.1, 0.15) is 31.1 Å². The van der Waals surface area contributed by atoms with Gasteiger partial charge < -0.3 is 10.1 Å². The zero-order chi connectivity index (χ0) is 22.2. The number of carbonyl (C=O) groups is 3. The molecule has 0 atom stereocenters. The van der Waals surface area contributed by atoms with Crippen LogP contribution in [0.3, 0.4) is 0 Å². The first kappa shape index (κ1) is 19.5. The molecule has 1 heterocycles. The summed E-state index contributed by atoms with van der Waals surface area (Å²) in [6.07, 6.45) is 0. The van der Waals surface area contributed by atoms with Crippen molar-refractivity contribution in [3.05, 3.63) is 102 Å². The normalized spacial score (nSPS) is 12.7. The number of hydrogen-bond acceptors (Lipinski definition) is 4. The van der Waals surface area contributed by atoms with Crippen LogP contribution in [0.2, 0.25) is 0 Å². The molecule has 6 heteroatoms. The molecule has 0 aliphatic carbocycles. The average molecular weight is 422 g/mol. The van der Waals surface area contributed by atoms with Gasteiger partial charge >= 0.3 is 0 Å². The van der Waals surface area contributed by atoms with Gasteiger partial charge in [-0.05, 0) is 53.2 Å². The van der Waals surface area contributed by atoms with Crippen molar-refractivity contribution in [3.8, 4) is 5.75 Å². The van der Waals surface area contributed by atoms with E-state index >= 15 is 0 Å². The Morgan fingerprint density at radius 2 is 1.41 bits per heavy atom. The summed E-state index contributed by atoms with van der Waals surface area (Å²) >= 11 is 0. The maximum Gasteiger partial charge on any atom is 0.266 e. The first-order chi connectivity index (χ1) is 15.6. The summed E-state index contributed by atoms with van der Waals surface area (Å²) in [5.41, 5.74) is 1.97. The molecule has 4 aromatic carbocycles. The van der Waals surface area contributed by atoms with Crippen LogP contribution in [0, 0.1) is 0 Å². The molecule has 4 aromatic rings. The fraction of sp³-hybridized carbons (Fsp3) is 0.0385. The standard InChI is InChI=1S/C26H18N2O4/c1-32-23-14-17-8-3-2-7-16(17)13-22(23)24(29)27-18-9-6-10-19(15-18)28-25(30)20-11-4-5-12-21(20)26(28)31/h2-15H,1H3,(H,27,29). The SMILES string of the molecule is COc1cc2ccccc2cc1C(=O)Nc1cccc(N2C(=O)c3ccccc3C2=O)c1. The van der Waals surface area contributed by atoms with E-state index in [1.54, 1.807) is 54.6 Å². The molecule has 32 heavy (non-hydrogen) atoms. The Hall–Kier alpha value is -4.45. The summed E-state index contributed by atoms with van der Waals surface area (Å²) in [5.74, 6) is -0.666. The molecule has 1 N–H and O–H groups in total. The topological polar surface area (TPSA) is 75.7 Å². The highest BCUT2D eigenvalue weighted by Crippen LogP contribution is 2.31. The summed E-state index contributed by atoms with van der Waals surface area (Å²) in [4.78, 5) is 39.7. The van der Waals surface area contributed by atoms with Gasteiger partial charge in [-0.25, -0.2) is 4.90 Å². The number of anilines is 2. The lowest BCUT2D eigenvalue weighted by Crippen LogP contribution is -2.29. The zero-order valence-corrected chi connectivity index (χ0v) is 17.2. The first-order valence-corrected chi connectivity index (χ1v) is 10.0. The number of rotatable bonds is 4. The molecule has 0 unspecified atom stereocenters. The molecule has 0 fully saturated rings. The van der Waals surface area contributed by atoms with Crippen molar-refractivity contribution in [2.24, 2.45) is 0 Å². The Morgan fingerprint density at radius 1 is 0.781 bits per heavy atom. The number of nitrogens with one attached hydrogen (secondary N) is 1. The molecular formula is C26H18N2O4. The van der Waals surface area contributed by atoms with E-state index in [0.717, 1.165) is 15.7 Å². The van der Waals surface area contributed by atoms with E-state index in [4.69, 9.17) is 4.74 Å². The third-order valence-corrected chi connectivity index (χ3v) is 5.47. The predicted molar refractivity (Wildman–Crippen MR) is 122 cm³/mol. The molecule has 1 aliphatic heterocycles. The van der Waals surface area contributed by atoms with Crippen LogP contribution in [-0.4, -0.2) is 24.8 Å².